The Hall–Kier alpha value is -3.04. The van der Waals surface area contributed by atoms with E-state index in [1.807, 2.05) is 0 Å². The van der Waals surface area contributed by atoms with E-state index in [-0.39, 0.29) is 16.2 Å². The summed E-state index contributed by atoms with van der Waals surface area (Å²) in [6.07, 6.45) is 0. The third-order valence-electron chi connectivity index (χ3n) is 4.52. The van der Waals surface area contributed by atoms with Crippen molar-refractivity contribution in [2.45, 2.75) is 10.9 Å². The van der Waals surface area contributed by atoms with Crippen LogP contribution in [-0.2, 0) is 19.4 Å². The molecule has 1 aliphatic heterocycles. The van der Waals surface area contributed by atoms with E-state index >= 15 is 0 Å². The van der Waals surface area contributed by atoms with E-state index in [1.54, 1.807) is 24.3 Å². The molecule has 0 aliphatic carbocycles. The number of urea groups is 1. The highest BCUT2D eigenvalue weighted by Gasteiger charge is 2.35. The van der Waals surface area contributed by atoms with Crippen LogP contribution in [0.5, 0.6) is 5.75 Å². The second-order valence-corrected chi connectivity index (χ2v) is 8.83. The van der Waals surface area contributed by atoms with Crippen LogP contribution in [0.15, 0.2) is 64.7 Å². The smallest absolute Gasteiger partial charge is 0.338 e. The molecule has 158 valence electrons. The van der Waals surface area contributed by atoms with Gasteiger partial charge in [0.2, 0.25) is 0 Å². The lowest BCUT2D eigenvalue weighted by molar-refractivity contribution is -0.136. The number of sulfone groups is 1. The van der Waals surface area contributed by atoms with Crippen LogP contribution in [0.25, 0.3) is 0 Å². The summed E-state index contributed by atoms with van der Waals surface area (Å²) in [5.74, 6) is -0.856. The summed E-state index contributed by atoms with van der Waals surface area (Å²) < 4.78 is 35.8. The molecule has 0 fully saturated rings. The molecule has 10 heteroatoms. The fraction of sp³-hybridized carbons (Fsp3) is 0.200. The highest BCUT2D eigenvalue weighted by Crippen LogP contribution is 2.30. The average Bonchev–Trinajstić information content (AvgIpc) is 2.73. The maximum absolute atomic E-state index is 12.9. The Morgan fingerprint density at radius 3 is 2.27 bits per heavy atom. The number of esters is 1. The van der Waals surface area contributed by atoms with Gasteiger partial charge in [0.15, 0.2) is 9.84 Å². The molecular formula is C20H19ClN2O6S. The van der Waals surface area contributed by atoms with Crippen LogP contribution in [-0.4, -0.2) is 40.4 Å². The first kappa shape index (κ1) is 21.7. The number of hydrogen-bond acceptors (Lipinski definition) is 6. The second-order valence-electron chi connectivity index (χ2n) is 6.40. The molecule has 3 rings (SSSR count). The van der Waals surface area contributed by atoms with Gasteiger partial charge in [-0.05, 0) is 42.0 Å². The first-order chi connectivity index (χ1) is 14.2. The average molecular weight is 451 g/mol. The van der Waals surface area contributed by atoms with Crippen LogP contribution in [0.2, 0.25) is 5.02 Å². The summed E-state index contributed by atoms with van der Waals surface area (Å²) in [7, 11) is -1.23. The zero-order valence-electron chi connectivity index (χ0n) is 16.1. The highest BCUT2D eigenvalue weighted by atomic mass is 35.5. The largest absolute Gasteiger partial charge is 0.497 e. The molecule has 0 spiro atoms. The number of carbonyl (C=O) groups excluding carboxylic acids is 2. The molecule has 0 aromatic heterocycles. The van der Waals surface area contributed by atoms with E-state index in [0.717, 1.165) is 0 Å². The summed E-state index contributed by atoms with van der Waals surface area (Å²) in [4.78, 5) is 24.8. The molecule has 2 amide bonds. The van der Waals surface area contributed by atoms with Gasteiger partial charge in [0.05, 0.1) is 36.5 Å². The van der Waals surface area contributed by atoms with Crippen molar-refractivity contribution < 1.29 is 27.5 Å². The minimum atomic E-state index is -3.88. The van der Waals surface area contributed by atoms with E-state index in [1.165, 1.54) is 38.5 Å². The number of rotatable bonds is 6. The fourth-order valence-corrected chi connectivity index (χ4v) is 4.50. The molecule has 0 bridgehead atoms. The summed E-state index contributed by atoms with van der Waals surface area (Å²) in [5, 5.41) is 5.54. The maximum Gasteiger partial charge on any atom is 0.338 e. The molecule has 1 heterocycles. The number of amides is 2. The Morgan fingerprint density at radius 1 is 1.07 bits per heavy atom. The Morgan fingerprint density at radius 2 is 1.70 bits per heavy atom. The predicted octanol–water partition coefficient (Wildman–Crippen LogP) is 2.60. The highest BCUT2D eigenvalue weighted by molar-refractivity contribution is 7.91. The van der Waals surface area contributed by atoms with Crippen LogP contribution in [0.4, 0.5) is 4.79 Å². The molecule has 8 nitrogen and oxygen atoms in total. The molecule has 30 heavy (non-hydrogen) atoms. The lowest BCUT2D eigenvalue weighted by atomic mass is 9.95. The van der Waals surface area contributed by atoms with Crippen LogP contribution in [0.1, 0.15) is 11.6 Å². The van der Waals surface area contributed by atoms with E-state index in [0.29, 0.717) is 16.3 Å². The summed E-state index contributed by atoms with van der Waals surface area (Å²) in [5.41, 5.74) is 0.492. The van der Waals surface area contributed by atoms with Gasteiger partial charge in [-0.2, -0.15) is 0 Å². The number of carbonyl (C=O) groups is 2. The van der Waals surface area contributed by atoms with Crippen LogP contribution in [0, 0.1) is 0 Å². The second kappa shape index (κ2) is 8.76. The monoisotopic (exact) mass is 450 g/mol. The van der Waals surface area contributed by atoms with Crippen LogP contribution in [0.3, 0.4) is 0 Å². The fourth-order valence-electron chi connectivity index (χ4n) is 3.04. The van der Waals surface area contributed by atoms with E-state index in [4.69, 9.17) is 21.1 Å². The first-order valence-electron chi connectivity index (χ1n) is 8.76. The molecule has 0 radical (unpaired) electrons. The Balaban J connectivity index is 2.05. The molecule has 0 unspecified atom stereocenters. The predicted molar refractivity (Wildman–Crippen MR) is 110 cm³/mol. The van der Waals surface area contributed by atoms with Gasteiger partial charge in [0.25, 0.3) is 0 Å². The van der Waals surface area contributed by atoms with E-state index in [2.05, 4.69) is 10.6 Å². The zero-order chi connectivity index (χ0) is 21.9. The van der Waals surface area contributed by atoms with Crippen molar-refractivity contribution in [3.8, 4) is 5.75 Å². The third kappa shape index (κ3) is 4.58. The summed E-state index contributed by atoms with van der Waals surface area (Å²) in [6.45, 7) is 0. The van der Waals surface area contributed by atoms with Gasteiger partial charge >= 0.3 is 12.0 Å². The molecule has 1 aliphatic rings. The number of hydrogen-bond donors (Lipinski definition) is 2. The Bertz CT molecular complexity index is 1100. The maximum atomic E-state index is 12.9. The lowest BCUT2D eigenvalue weighted by Gasteiger charge is -2.29. The van der Waals surface area contributed by atoms with Gasteiger partial charge in [-0.15, -0.1) is 0 Å². The third-order valence-corrected chi connectivity index (χ3v) is 6.43. The quantitative estimate of drug-likeness (QED) is 0.654. The SMILES string of the molecule is COC(=O)C1=C(CS(=O)(=O)c2ccc(OC)cc2)NC(=O)N[C@H]1c1ccc(Cl)cc1. The molecule has 2 aromatic carbocycles. The number of benzene rings is 2. The topological polar surface area (TPSA) is 111 Å². The Kier molecular flexibility index (Phi) is 6.33. The van der Waals surface area contributed by atoms with Crippen molar-refractivity contribution >= 4 is 33.4 Å². The normalized spacial score (nSPS) is 16.5. The molecular weight excluding hydrogens is 432 g/mol. The molecule has 2 aromatic rings. The molecule has 0 saturated heterocycles. The minimum absolute atomic E-state index is 0.00323. The molecule has 2 N–H and O–H groups in total. The number of halogens is 1. The minimum Gasteiger partial charge on any atom is -0.497 e. The van der Waals surface area contributed by atoms with Crippen molar-refractivity contribution in [2.75, 3.05) is 20.0 Å². The van der Waals surface area contributed by atoms with Gasteiger partial charge in [-0.25, -0.2) is 18.0 Å². The summed E-state index contributed by atoms with van der Waals surface area (Å²) >= 11 is 5.92. The Labute approximate surface area is 178 Å². The van der Waals surface area contributed by atoms with Gasteiger partial charge in [0, 0.05) is 10.7 Å². The lowest BCUT2D eigenvalue weighted by Crippen LogP contribution is -2.47. The van der Waals surface area contributed by atoms with Gasteiger partial charge in [-0.1, -0.05) is 23.7 Å². The van der Waals surface area contributed by atoms with E-state index in [9.17, 15) is 18.0 Å². The van der Waals surface area contributed by atoms with Gasteiger partial charge in [-0.3, -0.25) is 0 Å². The number of methoxy groups -OCH3 is 2. The van der Waals surface area contributed by atoms with Crippen molar-refractivity contribution in [3.63, 3.8) is 0 Å². The van der Waals surface area contributed by atoms with Crippen LogP contribution < -0.4 is 15.4 Å². The standard InChI is InChI=1S/C20H19ClN2O6S/c1-28-14-7-9-15(10-8-14)30(26,27)11-16-17(19(24)29-2)18(23-20(25)22-16)12-3-5-13(21)6-4-12/h3-10,18H,11H2,1-2H3,(H2,22,23,25)/t18-/m0/s1. The van der Waals surface area contributed by atoms with Crippen molar-refractivity contribution in [1.29, 1.82) is 0 Å². The van der Waals surface area contributed by atoms with Crippen molar-refractivity contribution in [1.82, 2.24) is 10.6 Å². The van der Waals surface area contributed by atoms with Crippen molar-refractivity contribution in [2.24, 2.45) is 0 Å². The van der Waals surface area contributed by atoms with E-state index < -0.39 is 33.6 Å². The zero-order valence-corrected chi connectivity index (χ0v) is 17.7. The number of ether oxygens (including phenoxy) is 2. The summed E-state index contributed by atoms with van der Waals surface area (Å²) in [6, 6.07) is 10.8. The van der Waals surface area contributed by atoms with Crippen molar-refractivity contribution in [3.05, 3.63) is 70.4 Å². The molecule has 1 atom stereocenters. The van der Waals surface area contributed by atoms with Crippen LogP contribution >= 0.6 is 11.6 Å². The van der Waals surface area contributed by atoms with Gasteiger partial charge in [0.1, 0.15) is 5.75 Å². The molecule has 0 saturated carbocycles. The first-order valence-corrected chi connectivity index (χ1v) is 10.8. The van der Waals surface area contributed by atoms with Gasteiger partial charge < -0.3 is 20.1 Å². The number of nitrogens with one attached hydrogen (secondary N) is 2.